The Hall–Kier alpha value is -3.08. The Balaban J connectivity index is 1.96. The van der Waals surface area contributed by atoms with E-state index in [1.807, 2.05) is 18.2 Å². The summed E-state index contributed by atoms with van der Waals surface area (Å²) in [6.07, 6.45) is 0. The highest BCUT2D eigenvalue weighted by molar-refractivity contribution is 6.23. The Bertz CT molecular complexity index is 911. The van der Waals surface area contributed by atoms with Crippen molar-refractivity contribution < 1.29 is 19.2 Å². The summed E-state index contributed by atoms with van der Waals surface area (Å²) in [5, 5.41) is 14.3. The van der Waals surface area contributed by atoms with Gasteiger partial charge in [0, 0.05) is 11.1 Å². The number of fused-ring (bicyclic) bond motifs is 3. The van der Waals surface area contributed by atoms with Crippen molar-refractivity contribution in [3.05, 3.63) is 53.6 Å². The van der Waals surface area contributed by atoms with Gasteiger partial charge in [0.2, 0.25) is 0 Å². The van der Waals surface area contributed by atoms with Crippen LogP contribution in [0.15, 0.2) is 47.0 Å². The van der Waals surface area contributed by atoms with E-state index < -0.39 is 0 Å². The van der Waals surface area contributed by atoms with E-state index in [2.05, 4.69) is 5.16 Å². The van der Waals surface area contributed by atoms with Crippen LogP contribution in [-0.4, -0.2) is 23.2 Å². The number of phenols is 1. The lowest BCUT2D eigenvalue weighted by atomic mass is 10.0. The van der Waals surface area contributed by atoms with E-state index in [1.54, 1.807) is 24.3 Å². The molecule has 1 aliphatic rings. The molecule has 0 aliphatic heterocycles. The Morgan fingerprint density at radius 2 is 1.77 bits per heavy atom. The average molecular weight is 293 g/mol. The molecule has 0 saturated heterocycles. The third kappa shape index (κ3) is 1.53. The standard InChI is InChI=1S/C17H11NO4/c1-21-12-8-4-7-11(15(12)19)17-13-14(18-22-17)9-5-2-3-6-10(9)16(13)20/h2-8,19H,1H3. The molecular weight excluding hydrogens is 282 g/mol. The number of rotatable bonds is 2. The van der Waals surface area contributed by atoms with Crippen LogP contribution in [0, 0.1) is 0 Å². The molecule has 22 heavy (non-hydrogen) atoms. The number of methoxy groups -OCH3 is 1. The minimum Gasteiger partial charge on any atom is -0.504 e. The maximum atomic E-state index is 12.6. The first-order valence-corrected chi connectivity index (χ1v) is 6.72. The lowest BCUT2D eigenvalue weighted by molar-refractivity contribution is 0.104. The number of carbonyl (C=O) groups is 1. The number of ether oxygens (including phenoxy) is 1. The van der Waals surface area contributed by atoms with Crippen LogP contribution >= 0.6 is 0 Å². The highest BCUT2D eigenvalue weighted by Crippen LogP contribution is 2.45. The number of ketones is 1. The maximum absolute atomic E-state index is 12.6. The van der Waals surface area contributed by atoms with Gasteiger partial charge < -0.3 is 14.4 Å². The summed E-state index contributed by atoms with van der Waals surface area (Å²) in [6.45, 7) is 0. The zero-order valence-corrected chi connectivity index (χ0v) is 11.7. The van der Waals surface area contributed by atoms with Crippen LogP contribution in [0.5, 0.6) is 11.5 Å². The second-order valence-electron chi connectivity index (χ2n) is 4.97. The van der Waals surface area contributed by atoms with E-state index in [0.29, 0.717) is 28.1 Å². The number of para-hydroxylation sites is 1. The zero-order valence-electron chi connectivity index (χ0n) is 11.7. The molecule has 0 unspecified atom stereocenters. The van der Waals surface area contributed by atoms with Gasteiger partial charge in [0.1, 0.15) is 5.69 Å². The number of aromatic nitrogens is 1. The number of aromatic hydroxyl groups is 1. The predicted molar refractivity (Wildman–Crippen MR) is 79.0 cm³/mol. The number of nitrogens with zero attached hydrogens (tertiary/aromatic N) is 1. The summed E-state index contributed by atoms with van der Waals surface area (Å²) in [4.78, 5) is 12.6. The molecule has 1 N–H and O–H groups in total. The second-order valence-corrected chi connectivity index (χ2v) is 4.97. The molecule has 2 aromatic carbocycles. The Morgan fingerprint density at radius 3 is 2.55 bits per heavy atom. The van der Waals surface area contributed by atoms with E-state index >= 15 is 0 Å². The van der Waals surface area contributed by atoms with Gasteiger partial charge in [-0.05, 0) is 12.1 Å². The molecule has 1 heterocycles. The number of carbonyl (C=O) groups excluding carboxylic acids is 1. The number of hydrogen-bond acceptors (Lipinski definition) is 5. The van der Waals surface area contributed by atoms with E-state index in [0.717, 1.165) is 5.56 Å². The topological polar surface area (TPSA) is 72.6 Å². The smallest absolute Gasteiger partial charge is 0.199 e. The van der Waals surface area contributed by atoms with Crippen molar-refractivity contribution in [2.75, 3.05) is 7.11 Å². The van der Waals surface area contributed by atoms with Gasteiger partial charge >= 0.3 is 0 Å². The van der Waals surface area contributed by atoms with Crippen LogP contribution in [0.2, 0.25) is 0 Å². The Morgan fingerprint density at radius 1 is 1.05 bits per heavy atom. The Labute approximate surface area is 125 Å². The molecule has 4 rings (SSSR count). The zero-order chi connectivity index (χ0) is 15.3. The van der Waals surface area contributed by atoms with Crippen molar-refractivity contribution in [3.63, 3.8) is 0 Å². The molecule has 0 spiro atoms. The summed E-state index contributed by atoms with van der Waals surface area (Å²) in [6, 6.07) is 12.3. The maximum Gasteiger partial charge on any atom is 0.199 e. The lowest BCUT2D eigenvalue weighted by Gasteiger charge is -2.06. The molecule has 0 fully saturated rings. The highest BCUT2D eigenvalue weighted by Gasteiger charge is 2.35. The van der Waals surface area contributed by atoms with E-state index in [9.17, 15) is 9.90 Å². The van der Waals surface area contributed by atoms with Crippen molar-refractivity contribution >= 4 is 5.78 Å². The second kappa shape index (κ2) is 4.46. The van der Waals surface area contributed by atoms with Gasteiger partial charge in [0.25, 0.3) is 0 Å². The number of hydrogen-bond donors (Lipinski definition) is 1. The van der Waals surface area contributed by atoms with Crippen molar-refractivity contribution in [1.29, 1.82) is 0 Å². The monoisotopic (exact) mass is 293 g/mol. The predicted octanol–water partition coefficient (Wildman–Crippen LogP) is 3.27. The first kappa shape index (κ1) is 12.6. The van der Waals surface area contributed by atoms with Crippen LogP contribution in [0.3, 0.4) is 0 Å². The average Bonchev–Trinajstić information content (AvgIpc) is 3.09. The van der Waals surface area contributed by atoms with Gasteiger partial charge in [0.05, 0.1) is 18.2 Å². The third-order valence-corrected chi connectivity index (χ3v) is 3.81. The fourth-order valence-corrected chi connectivity index (χ4v) is 2.76. The molecule has 0 atom stereocenters. The van der Waals surface area contributed by atoms with Crippen molar-refractivity contribution in [2.45, 2.75) is 0 Å². The van der Waals surface area contributed by atoms with Crippen LogP contribution in [0.25, 0.3) is 22.6 Å². The molecule has 5 nitrogen and oxygen atoms in total. The van der Waals surface area contributed by atoms with Crippen LogP contribution in [-0.2, 0) is 0 Å². The molecule has 0 radical (unpaired) electrons. The number of phenolic OH excluding ortho intramolecular Hbond substituents is 1. The first-order valence-electron chi connectivity index (χ1n) is 6.72. The molecule has 0 saturated carbocycles. The van der Waals surface area contributed by atoms with Gasteiger partial charge in [-0.3, -0.25) is 4.79 Å². The van der Waals surface area contributed by atoms with Crippen molar-refractivity contribution in [3.8, 4) is 34.1 Å². The minimum atomic E-state index is -0.149. The van der Waals surface area contributed by atoms with Crippen LogP contribution in [0.1, 0.15) is 15.9 Å². The van der Waals surface area contributed by atoms with Crippen LogP contribution < -0.4 is 4.74 Å². The van der Waals surface area contributed by atoms with Crippen LogP contribution in [0.4, 0.5) is 0 Å². The van der Waals surface area contributed by atoms with E-state index in [-0.39, 0.29) is 17.3 Å². The lowest BCUT2D eigenvalue weighted by Crippen LogP contribution is -1.96. The van der Waals surface area contributed by atoms with Gasteiger partial charge in [0.15, 0.2) is 23.0 Å². The summed E-state index contributed by atoms with van der Waals surface area (Å²) >= 11 is 0. The van der Waals surface area contributed by atoms with Gasteiger partial charge in [-0.2, -0.15) is 0 Å². The van der Waals surface area contributed by atoms with Gasteiger partial charge in [-0.25, -0.2) is 0 Å². The van der Waals surface area contributed by atoms with Gasteiger partial charge in [-0.15, -0.1) is 0 Å². The summed E-state index contributed by atoms with van der Waals surface area (Å²) in [5.41, 5.74) is 2.62. The summed E-state index contributed by atoms with van der Waals surface area (Å²) in [7, 11) is 1.46. The Kier molecular flexibility index (Phi) is 2.56. The van der Waals surface area contributed by atoms with E-state index in [4.69, 9.17) is 9.26 Å². The summed E-state index contributed by atoms with van der Waals surface area (Å²) in [5.74, 6) is 0.343. The SMILES string of the molecule is COc1cccc(-c2onc3c2C(=O)c2ccccc2-3)c1O. The molecule has 108 valence electrons. The number of benzene rings is 2. The third-order valence-electron chi connectivity index (χ3n) is 3.81. The summed E-state index contributed by atoms with van der Waals surface area (Å²) < 4.78 is 10.4. The quantitative estimate of drug-likeness (QED) is 0.614. The molecule has 1 aromatic heterocycles. The molecule has 0 amide bonds. The molecule has 5 heteroatoms. The molecule has 0 bridgehead atoms. The molecule has 1 aliphatic carbocycles. The normalized spacial score (nSPS) is 12.1. The highest BCUT2D eigenvalue weighted by atomic mass is 16.5. The van der Waals surface area contributed by atoms with Gasteiger partial charge in [-0.1, -0.05) is 35.5 Å². The largest absolute Gasteiger partial charge is 0.504 e. The first-order chi connectivity index (χ1) is 10.7. The van der Waals surface area contributed by atoms with E-state index in [1.165, 1.54) is 7.11 Å². The van der Waals surface area contributed by atoms with Crippen molar-refractivity contribution in [1.82, 2.24) is 5.16 Å². The molecule has 3 aromatic rings. The molecular formula is C17H11NO4. The van der Waals surface area contributed by atoms with Crippen molar-refractivity contribution in [2.24, 2.45) is 0 Å². The fourth-order valence-electron chi connectivity index (χ4n) is 2.76. The minimum absolute atomic E-state index is 0.0762. The fraction of sp³-hybridized carbons (Fsp3) is 0.0588.